The van der Waals surface area contributed by atoms with Crippen LogP contribution >= 0.6 is 0 Å². The molecule has 4 aliphatic carbocycles. The zero-order chi connectivity index (χ0) is 26.8. The number of hydrogen-bond donors (Lipinski definition) is 1. The molecule has 3 amide bonds. The average Bonchev–Trinajstić information content (AvgIpc) is 3.12. The van der Waals surface area contributed by atoms with E-state index in [0.29, 0.717) is 5.69 Å². The molecule has 0 radical (unpaired) electrons. The second-order valence-electron chi connectivity index (χ2n) is 12.1. The maximum atomic E-state index is 13.2. The van der Waals surface area contributed by atoms with Gasteiger partial charge in [-0.1, -0.05) is 12.1 Å². The van der Waals surface area contributed by atoms with Crippen LogP contribution in [0, 0.1) is 37.0 Å². The number of hydrogen-bond acceptors (Lipinski definition) is 5. The van der Waals surface area contributed by atoms with Crippen molar-refractivity contribution in [3.63, 3.8) is 0 Å². The molecule has 7 heteroatoms. The SMILES string of the molecule is Cc1ccc(C)c(N2C(=O)c3ccc(C(=O)OCC(=O)NC(C)C45CC6CC(CC(C6)C4)C5)cc3C2=O)c1. The predicted molar refractivity (Wildman–Crippen MR) is 142 cm³/mol. The molecule has 1 aliphatic heterocycles. The molecule has 7 rings (SSSR count). The van der Waals surface area contributed by atoms with Gasteiger partial charge in [0.25, 0.3) is 17.7 Å². The van der Waals surface area contributed by atoms with E-state index in [1.165, 1.54) is 56.7 Å². The van der Waals surface area contributed by atoms with Crippen LogP contribution in [-0.2, 0) is 9.53 Å². The highest BCUT2D eigenvalue weighted by Crippen LogP contribution is 2.61. The van der Waals surface area contributed by atoms with Crippen molar-refractivity contribution in [3.8, 4) is 0 Å². The highest BCUT2D eigenvalue weighted by atomic mass is 16.5. The van der Waals surface area contributed by atoms with Gasteiger partial charge in [0.2, 0.25) is 0 Å². The largest absolute Gasteiger partial charge is 0.452 e. The molecule has 0 saturated heterocycles. The zero-order valence-electron chi connectivity index (χ0n) is 22.2. The minimum atomic E-state index is -0.698. The predicted octanol–water partition coefficient (Wildman–Crippen LogP) is 4.98. The van der Waals surface area contributed by atoms with Gasteiger partial charge < -0.3 is 10.1 Å². The fourth-order valence-corrected chi connectivity index (χ4v) is 7.91. The number of anilines is 1. The van der Waals surface area contributed by atoms with E-state index in [9.17, 15) is 19.2 Å². The molecule has 1 N–H and O–H groups in total. The Morgan fingerprint density at radius 1 is 0.947 bits per heavy atom. The summed E-state index contributed by atoms with van der Waals surface area (Å²) in [6, 6.07) is 9.97. The molecule has 198 valence electrons. The molecule has 1 heterocycles. The maximum absolute atomic E-state index is 13.2. The lowest BCUT2D eigenvalue weighted by Gasteiger charge is -2.59. The fourth-order valence-electron chi connectivity index (χ4n) is 7.91. The van der Waals surface area contributed by atoms with Crippen molar-refractivity contribution >= 4 is 29.4 Å². The molecule has 0 aromatic heterocycles. The van der Waals surface area contributed by atoms with E-state index < -0.39 is 17.8 Å². The number of nitrogens with one attached hydrogen (secondary N) is 1. The fraction of sp³-hybridized carbons (Fsp3) is 0.484. The molecule has 5 aliphatic rings. The van der Waals surface area contributed by atoms with E-state index in [1.54, 1.807) is 6.07 Å². The van der Waals surface area contributed by atoms with Gasteiger partial charge in [0, 0.05) is 6.04 Å². The molecule has 0 spiro atoms. The molecular weight excluding hydrogens is 480 g/mol. The van der Waals surface area contributed by atoms with Gasteiger partial charge in [0.1, 0.15) is 0 Å². The molecule has 1 atom stereocenters. The van der Waals surface area contributed by atoms with Gasteiger partial charge in [0.15, 0.2) is 6.61 Å². The third-order valence-corrected chi connectivity index (χ3v) is 9.44. The number of carbonyl (C=O) groups excluding carboxylic acids is 4. The summed E-state index contributed by atoms with van der Waals surface area (Å²) < 4.78 is 5.32. The number of ether oxygens (including phenoxy) is 1. The van der Waals surface area contributed by atoms with Gasteiger partial charge in [-0.15, -0.1) is 0 Å². The number of esters is 1. The van der Waals surface area contributed by atoms with Crippen molar-refractivity contribution in [2.45, 2.75) is 65.3 Å². The minimum absolute atomic E-state index is 0.0433. The highest BCUT2D eigenvalue weighted by molar-refractivity contribution is 6.35. The lowest BCUT2D eigenvalue weighted by Crippen LogP contribution is -2.56. The van der Waals surface area contributed by atoms with Gasteiger partial charge in [-0.05, 0) is 118 Å². The summed E-state index contributed by atoms with van der Waals surface area (Å²) >= 11 is 0. The Morgan fingerprint density at radius 3 is 2.24 bits per heavy atom. The van der Waals surface area contributed by atoms with E-state index in [4.69, 9.17) is 4.74 Å². The Bertz CT molecular complexity index is 1330. The van der Waals surface area contributed by atoms with Crippen LogP contribution in [0.25, 0.3) is 0 Å². The average molecular weight is 515 g/mol. The molecule has 4 fully saturated rings. The number of benzene rings is 2. The Balaban J connectivity index is 1.10. The number of nitrogens with zero attached hydrogens (tertiary/aromatic N) is 1. The van der Waals surface area contributed by atoms with Crippen LogP contribution in [0.5, 0.6) is 0 Å². The summed E-state index contributed by atoms with van der Waals surface area (Å²) in [5, 5.41) is 3.11. The number of fused-ring (bicyclic) bond motifs is 1. The summed E-state index contributed by atoms with van der Waals surface area (Å²) in [4.78, 5) is 52.9. The van der Waals surface area contributed by atoms with E-state index in [2.05, 4.69) is 12.2 Å². The maximum Gasteiger partial charge on any atom is 0.338 e. The first-order valence-corrected chi connectivity index (χ1v) is 13.7. The topological polar surface area (TPSA) is 92.8 Å². The van der Waals surface area contributed by atoms with E-state index >= 15 is 0 Å². The number of rotatable bonds is 6. The smallest absolute Gasteiger partial charge is 0.338 e. The second-order valence-corrected chi connectivity index (χ2v) is 12.1. The molecule has 7 nitrogen and oxygen atoms in total. The van der Waals surface area contributed by atoms with Gasteiger partial charge in [0.05, 0.1) is 22.4 Å². The highest BCUT2D eigenvalue weighted by Gasteiger charge is 2.53. The lowest BCUT2D eigenvalue weighted by atomic mass is 9.48. The normalized spacial score (nSPS) is 27.9. The van der Waals surface area contributed by atoms with Gasteiger partial charge in [-0.2, -0.15) is 0 Å². The van der Waals surface area contributed by atoms with Crippen LogP contribution in [0.2, 0.25) is 0 Å². The Labute approximate surface area is 222 Å². The summed E-state index contributed by atoms with van der Waals surface area (Å²) in [6.45, 7) is 5.46. The Kier molecular flexibility index (Phi) is 5.93. The van der Waals surface area contributed by atoms with Crippen molar-refractivity contribution < 1.29 is 23.9 Å². The second kappa shape index (κ2) is 9.07. The Morgan fingerprint density at radius 2 is 1.58 bits per heavy atom. The standard InChI is InChI=1S/C31H34N2O5/c1-17-4-5-18(2)26(8-17)33-28(35)24-7-6-23(12-25(24)29(33)36)30(37)38-16-27(34)32-19(3)31-13-20-9-21(14-31)11-22(10-20)15-31/h4-8,12,19-22H,9-11,13-16H2,1-3H3,(H,32,34). The number of amides is 3. The van der Waals surface area contributed by atoms with Crippen LogP contribution in [0.1, 0.15) is 87.6 Å². The Hall–Kier alpha value is -3.48. The van der Waals surface area contributed by atoms with Crippen molar-refractivity contribution in [3.05, 3.63) is 64.2 Å². The first-order chi connectivity index (χ1) is 18.1. The third kappa shape index (κ3) is 4.12. The van der Waals surface area contributed by atoms with E-state index in [1.807, 2.05) is 26.0 Å². The monoisotopic (exact) mass is 514 g/mol. The van der Waals surface area contributed by atoms with Crippen LogP contribution in [0.15, 0.2) is 36.4 Å². The summed E-state index contributed by atoms with van der Waals surface area (Å²) in [5.74, 6) is 0.467. The first kappa shape index (κ1) is 24.8. The molecule has 38 heavy (non-hydrogen) atoms. The van der Waals surface area contributed by atoms with Crippen molar-refractivity contribution in [1.82, 2.24) is 5.32 Å². The van der Waals surface area contributed by atoms with Crippen molar-refractivity contribution in [1.29, 1.82) is 0 Å². The lowest BCUT2D eigenvalue weighted by molar-refractivity contribution is -0.128. The molecule has 2 aromatic rings. The minimum Gasteiger partial charge on any atom is -0.452 e. The summed E-state index contributed by atoms with van der Waals surface area (Å²) in [7, 11) is 0. The van der Waals surface area contributed by atoms with Crippen LogP contribution in [0.4, 0.5) is 5.69 Å². The van der Waals surface area contributed by atoms with Gasteiger partial charge in [-0.25, -0.2) is 9.69 Å². The first-order valence-electron chi connectivity index (χ1n) is 13.7. The van der Waals surface area contributed by atoms with Crippen molar-refractivity contribution in [2.24, 2.45) is 23.2 Å². The zero-order valence-corrected chi connectivity index (χ0v) is 22.2. The van der Waals surface area contributed by atoms with E-state index in [0.717, 1.165) is 33.8 Å². The summed E-state index contributed by atoms with van der Waals surface area (Å²) in [5.41, 5.74) is 2.98. The molecular formula is C31H34N2O5. The number of carbonyl (C=O) groups is 4. The molecule has 2 aromatic carbocycles. The quantitative estimate of drug-likeness (QED) is 0.434. The van der Waals surface area contributed by atoms with Gasteiger partial charge in [-0.3, -0.25) is 14.4 Å². The van der Waals surface area contributed by atoms with Gasteiger partial charge >= 0.3 is 5.97 Å². The number of aryl methyl sites for hydroxylation is 2. The van der Waals surface area contributed by atoms with Crippen LogP contribution < -0.4 is 10.2 Å². The van der Waals surface area contributed by atoms with Crippen molar-refractivity contribution in [2.75, 3.05) is 11.5 Å². The summed E-state index contributed by atoms with van der Waals surface area (Å²) in [6.07, 6.45) is 7.57. The van der Waals surface area contributed by atoms with Crippen LogP contribution in [0.3, 0.4) is 0 Å². The molecule has 4 bridgehead atoms. The molecule has 1 unspecified atom stereocenters. The third-order valence-electron chi connectivity index (χ3n) is 9.44. The number of imide groups is 1. The van der Waals surface area contributed by atoms with E-state index in [-0.39, 0.29) is 40.7 Å². The molecule has 4 saturated carbocycles. The van der Waals surface area contributed by atoms with Crippen LogP contribution in [-0.4, -0.2) is 36.3 Å².